The number of hydrogen-bond acceptors (Lipinski definition) is 3. The summed E-state index contributed by atoms with van der Waals surface area (Å²) in [6.45, 7) is 0.432. The van der Waals surface area contributed by atoms with E-state index < -0.39 is 0 Å². The minimum Gasteiger partial charge on any atom is -0.497 e. The lowest BCUT2D eigenvalue weighted by atomic mass is 10.0. The molecule has 0 bridgehead atoms. The van der Waals surface area contributed by atoms with Crippen molar-refractivity contribution in [1.29, 1.82) is 0 Å². The number of ether oxygens (including phenoxy) is 1. The summed E-state index contributed by atoms with van der Waals surface area (Å²) in [4.78, 5) is 13.8. The Balaban J connectivity index is 2.36. The Morgan fingerprint density at radius 3 is 2.44 bits per heavy atom. The molecule has 3 heteroatoms. The molecule has 2 rings (SSSR count). The van der Waals surface area contributed by atoms with Crippen molar-refractivity contribution in [3.8, 4) is 5.75 Å². The van der Waals surface area contributed by atoms with Gasteiger partial charge in [0.25, 0.3) is 0 Å². The van der Waals surface area contributed by atoms with E-state index in [-0.39, 0.29) is 5.78 Å². The van der Waals surface area contributed by atoms with Gasteiger partial charge in [0.1, 0.15) is 5.75 Å². The number of carbonyl (C=O) groups is 1. The van der Waals surface area contributed by atoms with E-state index >= 15 is 0 Å². The van der Waals surface area contributed by atoms with Gasteiger partial charge in [-0.25, -0.2) is 0 Å². The first-order valence-corrected chi connectivity index (χ1v) is 5.86. The van der Waals surface area contributed by atoms with E-state index in [0.29, 0.717) is 6.54 Å². The highest BCUT2D eigenvalue weighted by molar-refractivity contribution is 6.01. The molecule has 18 heavy (non-hydrogen) atoms. The van der Waals surface area contributed by atoms with E-state index in [0.717, 1.165) is 22.1 Å². The van der Waals surface area contributed by atoms with Crippen molar-refractivity contribution >= 4 is 16.6 Å². The Morgan fingerprint density at radius 2 is 1.78 bits per heavy atom. The van der Waals surface area contributed by atoms with Crippen molar-refractivity contribution in [2.75, 3.05) is 27.7 Å². The van der Waals surface area contributed by atoms with Crippen LogP contribution in [0.3, 0.4) is 0 Å². The molecule has 94 valence electrons. The molecule has 2 aromatic carbocycles. The number of likely N-dealkylation sites (N-methyl/N-ethyl adjacent to an activating group) is 1. The summed E-state index contributed by atoms with van der Waals surface area (Å²) >= 11 is 0. The maximum atomic E-state index is 12.0. The van der Waals surface area contributed by atoms with Crippen LogP contribution in [0.15, 0.2) is 36.4 Å². The summed E-state index contributed by atoms with van der Waals surface area (Å²) in [6.07, 6.45) is 0. The van der Waals surface area contributed by atoms with Crippen molar-refractivity contribution in [3.63, 3.8) is 0 Å². The topological polar surface area (TPSA) is 29.5 Å². The van der Waals surface area contributed by atoms with Gasteiger partial charge in [0.15, 0.2) is 5.78 Å². The Hall–Kier alpha value is -1.87. The molecular formula is C15H17NO2. The average Bonchev–Trinajstić information content (AvgIpc) is 2.36. The third-order valence-electron chi connectivity index (χ3n) is 2.83. The minimum atomic E-state index is 0.137. The predicted octanol–water partition coefficient (Wildman–Crippen LogP) is 2.59. The van der Waals surface area contributed by atoms with E-state index in [4.69, 9.17) is 4.74 Å². The largest absolute Gasteiger partial charge is 0.497 e. The normalized spacial score (nSPS) is 10.9. The third-order valence-corrected chi connectivity index (χ3v) is 2.83. The molecule has 0 heterocycles. The molecule has 3 nitrogen and oxygen atoms in total. The van der Waals surface area contributed by atoms with Gasteiger partial charge in [-0.15, -0.1) is 0 Å². The van der Waals surface area contributed by atoms with Gasteiger partial charge in [-0.05, 0) is 43.1 Å². The van der Waals surface area contributed by atoms with Gasteiger partial charge in [-0.1, -0.05) is 18.2 Å². The quantitative estimate of drug-likeness (QED) is 0.773. The number of methoxy groups -OCH3 is 1. The van der Waals surface area contributed by atoms with E-state index in [2.05, 4.69) is 0 Å². The summed E-state index contributed by atoms with van der Waals surface area (Å²) < 4.78 is 5.18. The standard InChI is InChI=1S/C15H17NO2/c1-16(2)10-15(17)13-5-4-12-9-14(18-3)7-6-11(12)8-13/h4-9H,10H2,1-3H3. The first-order chi connectivity index (χ1) is 8.60. The van der Waals surface area contributed by atoms with Crippen LogP contribution in [0.4, 0.5) is 0 Å². The highest BCUT2D eigenvalue weighted by Crippen LogP contribution is 2.22. The summed E-state index contributed by atoms with van der Waals surface area (Å²) in [5.74, 6) is 0.965. The van der Waals surface area contributed by atoms with Gasteiger partial charge in [-0.3, -0.25) is 4.79 Å². The van der Waals surface area contributed by atoms with Crippen LogP contribution in [0.5, 0.6) is 5.75 Å². The van der Waals surface area contributed by atoms with Gasteiger partial charge in [0.05, 0.1) is 13.7 Å². The number of hydrogen-bond donors (Lipinski definition) is 0. The molecule has 0 saturated carbocycles. The highest BCUT2D eigenvalue weighted by Gasteiger charge is 2.07. The number of nitrogens with zero attached hydrogens (tertiary/aromatic N) is 1. The van der Waals surface area contributed by atoms with Crippen molar-refractivity contribution in [2.24, 2.45) is 0 Å². The number of rotatable bonds is 4. The molecule has 0 fully saturated rings. The van der Waals surface area contributed by atoms with Crippen LogP contribution in [0, 0.1) is 0 Å². The van der Waals surface area contributed by atoms with Gasteiger partial charge in [0, 0.05) is 5.56 Å². The SMILES string of the molecule is COc1ccc2cc(C(=O)CN(C)C)ccc2c1. The van der Waals surface area contributed by atoms with Crippen molar-refractivity contribution in [2.45, 2.75) is 0 Å². The van der Waals surface area contributed by atoms with Crippen LogP contribution in [0.1, 0.15) is 10.4 Å². The van der Waals surface area contributed by atoms with E-state index in [9.17, 15) is 4.79 Å². The Labute approximate surface area is 107 Å². The monoisotopic (exact) mass is 243 g/mol. The smallest absolute Gasteiger partial charge is 0.176 e. The highest BCUT2D eigenvalue weighted by atomic mass is 16.5. The van der Waals surface area contributed by atoms with Crippen LogP contribution < -0.4 is 4.74 Å². The molecule has 0 unspecified atom stereocenters. The van der Waals surface area contributed by atoms with E-state index in [1.807, 2.05) is 55.4 Å². The van der Waals surface area contributed by atoms with Crippen LogP contribution in [-0.2, 0) is 0 Å². The Morgan fingerprint density at radius 1 is 1.11 bits per heavy atom. The number of Topliss-reactive ketones (excluding diaryl/α,β-unsaturated/α-hetero) is 1. The van der Waals surface area contributed by atoms with Gasteiger partial charge in [-0.2, -0.15) is 0 Å². The van der Waals surface area contributed by atoms with Crippen LogP contribution in [-0.4, -0.2) is 38.4 Å². The van der Waals surface area contributed by atoms with Gasteiger partial charge < -0.3 is 9.64 Å². The zero-order valence-corrected chi connectivity index (χ0v) is 10.9. The molecule has 0 N–H and O–H groups in total. The van der Waals surface area contributed by atoms with E-state index in [1.165, 1.54) is 0 Å². The fourth-order valence-corrected chi connectivity index (χ4v) is 1.90. The van der Waals surface area contributed by atoms with E-state index in [1.54, 1.807) is 7.11 Å². The number of benzene rings is 2. The Kier molecular flexibility index (Phi) is 3.63. The lowest BCUT2D eigenvalue weighted by Gasteiger charge is -2.09. The van der Waals surface area contributed by atoms with Gasteiger partial charge in [0.2, 0.25) is 0 Å². The lowest BCUT2D eigenvalue weighted by molar-refractivity contribution is 0.0958. The summed E-state index contributed by atoms with van der Waals surface area (Å²) in [7, 11) is 5.43. The predicted molar refractivity (Wildman–Crippen MR) is 73.4 cm³/mol. The molecule has 0 aliphatic heterocycles. The summed E-state index contributed by atoms with van der Waals surface area (Å²) in [5.41, 5.74) is 0.751. The first-order valence-electron chi connectivity index (χ1n) is 5.86. The molecular weight excluding hydrogens is 226 g/mol. The number of fused-ring (bicyclic) bond motifs is 1. The Bertz CT molecular complexity index is 576. The second kappa shape index (κ2) is 5.19. The maximum absolute atomic E-state index is 12.0. The number of ketones is 1. The average molecular weight is 243 g/mol. The molecule has 2 aromatic rings. The molecule has 0 amide bonds. The first kappa shape index (κ1) is 12.6. The molecule has 0 saturated heterocycles. The van der Waals surface area contributed by atoms with Crippen molar-refractivity contribution < 1.29 is 9.53 Å². The number of carbonyl (C=O) groups excluding carboxylic acids is 1. The third kappa shape index (κ3) is 2.68. The molecule has 0 radical (unpaired) electrons. The zero-order valence-electron chi connectivity index (χ0n) is 10.9. The lowest BCUT2D eigenvalue weighted by Crippen LogP contribution is -2.21. The molecule has 0 aliphatic carbocycles. The van der Waals surface area contributed by atoms with Crippen molar-refractivity contribution in [1.82, 2.24) is 4.90 Å². The van der Waals surface area contributed by atoms with Gasteiger partial charge >= 0.3 is 0 Å². The second-order valence-electron chi connectivity index (χ2n) is 4.59. The summed E-state index contributed by atoms with van der Waals surface area (Å²) in [6, 6.07) is 11.6. The minimum absolute atomic E-state index is 0.137. The van der Waals surface area contributed by atoms with Crippen LogP contribution in [0.25, 0.3) is 10.8 Å². The maximum Gasteiger partial charge on any atom is 0.176 e. The molecule has 0 atom stereocenters. The fourth-order valence-electron chi connectivity index (χ4n) is 1.90. The van der Waals surface area contributed by atoms with Crippen LogP contribution in [0.2, 0.25) is 0 Å². The van der Waals surface area contributed by atoms with Crippen LogP contribution >= 0.6 is 0 Å². The summed E-state index contributed by atoms with van der Waals surface area (Å²) in [5, 5.41) is 2.14. The zero-order chi connectivity index (χ0) is 13.1. The molecule has 0 aliphatic rings. The molecule has 0 spiro atoms. The molecule has 0 aromatic heterocycles. The van der Waals surface area contributed by atoms with Crippen molar-refractivity contribution in [3.05, 3.63) is 42.0 Å². The fraction of sp³-hybridized carbons (Fsp3) is 0.267. The second-order valence-corrected chi connectivity index (χ2v) is 4.59.